The molecular formula is C9H9ClF3N. The van der Waals surface area contributed by atoms with Crippen molar-refractivity contribution in [3.8, 4) is 0 Å². The second-order valence-corrected chi connectivity index (χ2v) is 2.74. The van der Waals surface area contributed by atoms with Crippen molar-refractivity contribution in [2.45, 2.75) is 13.1 Å². The van der Waals surface area contributed by atoms with E-state index in [2.05, 4.69) is 6.58 Å². The third kappa shape index (κ3) is 3.79. The average Bonchev–Trinajstić information content (AvgIpc) is 2.03. The molecule has 0 aliphatic carbocycles. The van der Waals surface area contributed by atoms with Gasteiger partial charge in [-0.25, -0.2) is 0 Å². The summed E-state index contributed by atoms with van der Waals surface area (Å²) >= 11 is 5.26. The van der Waals surface area contributed by atoms with Gasteiger partial charge in [0, 0.05) is 5.57 Å². The van der Waals surface area contributed by atoms with Crippen molar-refractivity contribution in [1.29, 1.82) is 5.41 Å². The van der Waals surface area contributed by atoms with E-state index < -0.39 is 16.9 Å². The second kappa shape index (κ2) is 5.00. The van der Waals surface area contributed by atoms with Crippen LogP contribution in [0.4, 0.5) is 13.2 Å². The summed E-state index contributed by atoms with van der Waals surface area (Å²) < 4.78 is 36.6. The lowest BCUT2D eigenvalue weighted by Gasteiger charge is -2.07. The van der Waals surface area contributed by atoms with Gasteiger partial charge in [0.05, 0.1) is 5.57 Å². The van der Waals surface area contributed by atoms with Crippen molar-refractivity contribution in [1.82, 2.24) is 0 Å². The fourth-order valence-electron chi connectivity index (χ4n) is 0.697. The highest BCUT2D eigenvalue weighted by atomic mass is 35.5. The molecule has 1 N–H and O–H groups in total. The molecule has 14 heavy (non-hydrogen) atoms. The normalized spacial score (nSPS) is 14.1. The Kier molecular flexibility index (Phi) is 4.63. The van der Waals surface area contributed by atoms with E-state index in [1.807, 2.05) is 0 Å². The molecule has 0 radical (unpaired) electrons. The number of hydrogen-bond donors (Lipinski definition) is 1. The van der Waals surface area contributed by atoms with Crippen LogP contribution < -0.4 is 0 Å². The number of halogens is 4. The van der Waals surface area contributed by atoms with Gasteiger partial charge in [-0.2, -0.15) is 13.2 Å². The molecule has 0 unspecified atom stereocenters. The van der Waals surface area contributed by atoms with E-state index in [4.69, 9.17) is 17.0 Å². The van der Waals surface area contributed by atoms with Gasteiger partial charge < -0.3 is 0 Å². The summed E-state index contributed by atoms with van der Waals surface area (Å²) in [6.45, 7) is 4.54. The monoisotopic (exact) mass is 223 g/mol. The van der Waals surface area contributed by atoms with Gasteiger partial charge in [0.25, 0.3) is 0 Å². The molecule has 0 amide bonds. The molecule has 78 valence electrons. The van der Waals surface area contributed by atoms with E-state index in [1.165, 1.54) is 13.0 Å². The zero-order valence-electron chi connectivity index (χ0n) is 7.45. The molecule has 0 bridgehead atoms. The Morgan fingerprint density at radius 3 is 2.14 bits per heavy atom. The van der Waals surface area contributed by atoms with Crippen LogP contribution in [0.2, 0.25) is 0 Å². The molecule has 0 heterocycles. The van der Waals surface area contributed by atoms with Gasteiger partial charge >= 0.3 is 6.18 Å². The van der Waals surface area contributed by atoms with Gasteiger partial charge in [-0.3, -0.25) is 5.41 Å². The first-order valence-electron chi connectivity index (χ1n) is 3.65. The molecule has 0 atom stereocenters. The van der Waals surface area contributed by atoms with Crippen molar-refractivity contribution < 1.29 is 13.2 Å². The number of hydrogen-bond acceptors (Lipinski definition) is 1. The number of alkyl halides is 3. The van der Waals surface area contributed by atoms with E-state index in [0.717, 1.165) is 6.08 Å². The smallest absolute Gasteiger partial charge is 0.289 e. The Morgan fingerprint density at radius 1 is 1.43 bits per heavy atom. The van der Waals surface area contributed by atoms with E-state index in [0.29, 0.717) is 6.08 Å². The van der Waals surface area contributed by atoms with Crippen LogP contribution in [0.1, 0.15) is 6.92 Å². The van der Waals surface area contributed by atoms with Crippen LogP contribution in [0.25, 0.3) is 0 Å². The number of rotatable bonds is 3. The fourth-order valence-corrected chi connectivity index (χ4v) is 0.861. The summed E-state index contributed by atoms with van der Waals surface area (Å²) in [6.07, 6.45) is -1.68. The molecule has 0 aliphatic heterocycles. The molecule has 5 heteroatoms. The maximum atomic E-state index is 12.2. The average molecular weight is 224 g/mol. The standard InChI is InChI=1S/C9H9ClF3N/c1-3-6(8(10)14)5-7(4-2)9(11,12)13/h3-5,14H,2H2,1H3/b6-3+,7-5+,14-8?. The largest absolute Gasteiger partial charge is 0.416 e. The topological polar surface area (TPSA) is 23.9 Å². The summed E-state index contributed by atoms with van der Waals surface area (Å²) in [6, 6.07) is 0. The third-order valence-corrected chi connectivity index (χ3v) is 1.64. The lowest BCUT2D eigenvalue weighted by atomic mass is 10.1. The summed E-state index contributed by atoms with van der Waals surface area (Å²) in [4.78, 5) is 0. The van der Waals surface area contributed by atoms with Gasteiger partial charge in [-0.15, -0.1) is 0 Å². The van der Waals surface area contributed by atoms with Crippen LogP contribution in [0.5, 0.6) is 0 Å². The third-order valence-electron chi connectivity index (χ3n) is 1.42. The fraction of sp³-hybridized carbons (Fsp3) is 0.222. The van der Waals surface area contributed by atoms with Crippen LogP contribution in [-0.4, -0.2) is 11.3 Å². The van der Waals surface area contributed by atoms with Crippen molar-refractivity contribution in [2.24, 2.45) is 0 Å². The zero-order chi connectivity index (χ0) is 11.4. The molecule has 1 nitrogen and oxygen atoms in total. The summed E-state index contributed by atoms with van der Waals surface area (Å²) in [5.41, 5.74) is -0.908. The minimum atomic E-state index is -4.47. The van der Waals surface area contributed by atoms with Crippen molar-refractivity contribution >= 4 is 16.8 Å². The van der Waals surface area contributed by atoms with Gasteiger partial charge in [0.1, 0.15) is 5.17 Å². The van der Waals surface area contributed by atoms with Crippen molar-refractivity contribution in [3.63, 3.8) is 0 Å². The van der Waals surface area contributed by atoms with Crippen LogP contribution in [0.15, 0.2) is 36.0 Å². The summed E-state index contributed by atoms with van der Waals surface area (Å²) in [5, 5.41) is 6.54. The Bertz CT molecular complexity index is 300. The molecule has 0 rings (SSSR count). The van der Waals surface area contributed by atoms with Gasteiger partial charge in [0.2, 0.25) is 0 Å². The highest BCUT2D eigenvalue weighted by Gasteiger charge is 2.31. The first kappa shape index (κ1) is 13.0. The zero-order valence-corrected chi connectivity index (χ0v) is 8.21. The Hall–Kier alpha value is -1.03. The van der Waals surface area contributed by atoms with E-state index in [-0.39, 0.29) is 5.57 Å². The minimum Gasteiger partial charge on any atom is -0.289 e. The molecule has 0 fully saturated rings. The van der Waals surface area contributed by atoms with Crippen molar-refractivity contribution in [3.05, 3.63) is 36.0 Å². The Balaban J connectivity index is 5.13. The summed E-state index contributed by atoms with van der Waals surface area (Å²) in [7, 11) is 0. The maximum Gasteiger partial charge on any atom is 0.416 e. The van der Waals surface area contributed by atoms with Gasteiger partial charge in [-0.05, 0) is 13.0 Å². The molecule has 0 aromatic carbocycles. The molecule has 0 saturated carbocycles. The van der Waals surface area contributed by atoms with Crippen LogP contribution in [-0.2, 0) is 0 Å². The number of nitrogens with one attached hydrogen (secondary N) is 1. The lowest BCUT2D eigenvalue weighted by molar-refractivity contribution is -0.0881. The quantitative estimate of drug-likeness (QED) is 0.556. The predicted octanol–water partition coefficient (Wildman–Crippen LogP) is 3.82. The molecule has 0 aromatic rings. The maximum absolute atomic E-state index is 12.2. The molecule has 0 saturated heterocycles. The first-order valence-corrected chi connectivity index (χ1v) is 4.02. The van der Waals surface area contributed by atoms with Crippen molar-refractivity contribution in [2.75, 3.05) is 0 Å². The Labute approximate surface area is 85.1 Å². The minimum absolute atomic E-state index is 0.0129. The van der Waals surface area contributed by atoms with E-state index >= 15 is 0 Å². The van der Waals surface area contributed by atoms with Gasteiger partial charge in [-0.1, -0.05) is 30.3 Å². The lowest BCUT2D eigenvalue weighted by Crippen LogP contribution is -2.10. The molecule has 0 spiro atoms. The summed E-state index contributed by atoms with van der Waals surface area (Å²) in [5.74, 6) is 0. The number of allylic oxidation sites excluding steroid dienone is 5. The highest BCUT2D eigenvalue weighted by Crippen LogP contribution is 2.27. The van der Waals surface area contributed by atoms with E-state index in [9.17, 15) is 13.2 Å². The SMILES string of the molecule is C=C/C(=C\C(=C/C)C(=N)Cl)C(F)(F)F. The molecular weight excluding hydrogens is 215 g/mol. The van der Waals surface area contributed by atoms with Gasteiger partial charge in [0.15, 0.2) is 0 Å². The second-order valence-electron chi connectivity index (χ2n) is 2.36. The Morgan fingerprint density at radius 2 is 1.93 bits per heavy atom. The van der Waals surface area contributed by atoms with Crippen LogP contribution in [0, 0.1) is 5.41 Å². The molecule has 0 aromatic heterocycles. The molecule has 0 aliphatic rings. The highest BCUT2D eigenvalue weighted by molar-refractivity contribution is 6.69. The van der Waals surface area contributed by atoms with Crippen LogP contribution >= 0.6 is 11.6 Å². The van der Waals surface area contributed by atoms with E-state index in [1.54, 1.807) is 0 Å². The predicted molar refractivity (Wildman–Crippen MR) is 51.7 cm³/mol. The first-order chi connectivity index (χ1) is 6.32. The van der Waals surface area contributed by atoms with Crippen LogP contribution in [0.3, 0.4) is 0 Å².